The van der Waals surface area contributed by atoms with E-state index in [4.69, 9.17) is 9.68 Å². The highest BCUT2D eigenvalue weighted by atomic mass is 16.5. The van der Waals surface area contributed by atoms with Crippen LogP contribution in [0.25, 0.3) is 11.1 Å². The van der Waals surface area contributed by atoms with E-state index >= 15 is 0 Å². The quantitative estimate of drug-likeness (QED) is 0.655. The maximum atomic E-state index is 9.34. The molecule has 2 aromatic rings. The zero-order valence-corrected chi connectivity index (χ0v) is 9.52. The topological polar surface area (TPSA) is 69.9 Å². The molecule has 3 N–H and O–H groups in total. The van der Waals surface area contributed by atoms with Gasteiger partial charge in [-0.3, -0.25) is 0 Å². The fourth-order valence-electron chi connectivity index (χ4n) is 1.82. The number of hydrogen-bond donors (Lipinski definition) is 3. The molecule has 6 heteroatoms. The molecule has 0 unspecified atom stereocenters. The molecule has 1 radical (unpaired) electrons. The van der Waals surface area contributed by atoms with Crippen LogP contribution in [0.15, 0.2) is 48.5 Å². The molecule has 0 heterocycles. The molecule has 0 aliphatic heterocycles. The Kier molecular flexibility index (Phi) is 4.04. The van der Waals surface area contributed by atoms with Gasteiger partial charge in [-0.1, -0.05) is 42.5 Å². The van der Waals surface area contributed by atoms with Gasteiger partial charge in [-0.25, -0.2) is 0 Å². The van der Waals surface area contributed by atoms with Gasteiger partial charge in [0.1, 0.15) is 5.75 Å². The van der Waals surface area contributed by atoms with Crippen molar-refractivity contribution >= 4 is 20.3 Å². The van der Waals surface area contributed by atoms with Crippen LogP contribution in [0, 0.1) is 0 Å². The van der Waals surface area contributed by atoms with Gasteiger partial charge in [0.05, 0.1) is 0 Å². The summed E-state index contributed by atoms with van der Waals surface area (Å²) in [6.07, 6.45) is 0. The Hall–Kier alpha value is -1.75. The molecule has 2 aromatic carbocycles. The summed E-state index contributed by atoms with van der Waals surface area (Å²) in [5, 5.41) is 27.4. The molecular formula is C12H11B2O4. The lowest BCUT2D eigenvalue weighted by Crippen LogP contribution is -2.31. The lowest BCUT2D eigenvalue weighted by atomic mass is 9.75. The highest BCUT2D eigenvalue weighted by Crippen LogP contribution is 2.28. The van der Waals surface area contributed by atoms with Crippen molar-refractivity contribution in [1.29, 1.82) is 0 Å². The molecule has 0 aliphatic rings. The zero-order chi connectivity index (χ0) is 13.0. The number of rotatable bonds is 4. The minimum Gasteiger partial charge on any atom is -0.537 e. The van der Waals surface area contributed by atoms with E-state index in [1.165, 1.54) is 0 Å². The molecule has 18 heavy (non-hydrogen) atoms. The first-order valence-corrected chi connectivity index (χ1v) is 5.41. The van der Waals surface area contributed by atoms with E-state index in [0.717, 1.165) is 0 Å². The van der Waals surface area contributed by atoms with Crippen molar-refractivity contribution in [2.24, 2.45) is 0 Å². The van der Waals surface area contributed by atoms with Crippen molar-refractivity contribution < 1.29 is 19.7 Å². The van der Waals surface area contributed by atoms with Crippen LogP contribution < -0.4 is 10.1 Å². The third-order valence-corrected chi connectivity index (χ3v) is 2.60. The molecular weight excluding hydrogens is 230 g/mol. The summed E-state index contributed by atoms with van der Waals surface area (Å²) in [5.41, 5.74) is 1.70. The van der Waals surface area contributed by atoms with Crippen molar-refractivity contribution in [1.82, 2.24) is 0 Å². The van der Waals surface area contributed by atoms with Crippen molar-refractivity contribution in [3.8, 4) is 16.9 Å². The Bertz CT molecular complexity index is 531. The van der Waals surface area contributed by atoms with Gasteiger partial charge in [-0.2, -0.15) is 0 Å². The van der Waals surface area contributed by atoms with Crippen LogP contribution in [0.2, 0.25) is 0 Å². The average Bonchev–Trinajstić information content (AvgIpc) is 2.40. The summed E-state index contributed by atoms with van der Waals surface area (Å²) >= 11 is 0. The highest BCUT2D eigenvalue weighted by Gasteiger charge is 2.18. The summed E-state index contributed by atoms with van der Waals surface area (Å²) in [5.74, 6) is 0.438. The van der Waals surface area contributed by atoms with Gasteiger partial charge in [0, 0.05) is 5.56 Å². The predicted octanol–water partition coefficient (Wildman–Crippen LogP) is -0.0613. The first-order valence-electron chi connectivity index (χ1n) is 5.41. The molecule has 0 aromatic heterocycles. The Morgan fingerprint density at radius 3 is 2.17 bits per heavy atom. The Balaban J connectivity index is 2.55. The lowest BCUT2D eigenvalue weighted by Gasteiger charge is -2.13. The molecule has 0 amide bonds. The maximum absolute atomic E-state index is 9.34. The maximum Gasteiger partial charge on any atom is 0.569 e. The van der Waals surface area contributed by atoms with Crippen molar-refractivity contribution in [3.63, 3.8) is 0 Å². The van der Waals surface area contributed by atoms with E-state index in [9.17, 15) is 10.0 Å². The molecule has 0 aliphatic carbocycles. The summed E-state index contributed by atoms with van der Waals surface area (Å²) < 4.78 is 4.99. The molecule has 0 saturated carbocycles. The van der Waals surface area contributed by atoms with Crippen LogP contribution in [0.3, 0.4) is 0 Å². The summed E-state index contributed by atoms with van der Waals surface area (Å²) in [6, 6.07) is 13.9. The Morgan fingerprint density at radius 1 is 0.889 bits per heavy atom. The van der Waals surface area contributed by atoms with Crippen molar-refractivity contribution in [3.05, 3.63) is 48.5 Å². The third kappa shape index (κ3) is 2.56. The monoisotopic (exact) mass is 241 g/mol. The molecule has 0 spiro atoms. The highest BCUT2D eigenvalue weighted by molar-refractivity contribution is 6.60. The third-order valence-electron chi connectivity index (χ3n) is 2.60. The van der Waals surface area contributed by atoms with Crippen molar-refractivity contribution in [2.75, 3.05) is 0 Å². The largest absolute Gasteiger partial charge is 0.569 e. The second-order valence-electron chi connectivity index (χ2n) is 3.68. The number of para-hydroxylation sites is 1. The van der Waals surface area contributed by atoms with Gasteiger partial charge >= 0.3 is 14.8 Å². The standard InChI is InChI=1S/C12H11B2O4/c15-13-18-12-8-4-2-6-10(12)9-5-1-3-7-11(9)14(16)17/h1-8,15-17H. The second kappa shape index (κ2) is 5.73. The van der Waals surface area contributed by atoms with Gasteiger partial charge in [0.25, 0.3) is 0 Å². The van der Waals surface area contributed by atoms with Crippen LogP contribution in [0.1, 0.15) is 0 Å². The van der Waals surface area contributed by atoms with Gasteiger partial charge < -0.3 is 19.7 Å². The SMILES string of the molecule is O[B]Oc1ccccc1-c1ccccc1B(O)O. The van der Waals surface area contributed by atoms with E-state index in [1.807, 2.05) is 0 Å². The molecule has 89 valence electrons. The minimum atomic E-state index is -1.56. The van der Waals surface area contributed by atoms with E-state index in [0.29, 0.717) is 30.0 Å². The number of benzene rings is 2. The van der Waals surface area contributed by atoms with Crippen LogP contribution in [-0.2, 0) is 0 Å². The molecule has 0 bridgehead atoms. The first-order chi connectivity index (χ1) is 8.74. The van der Waals surface area contributed by atoms with E-state index in [-0.39, 0.29) is 0 Å². The van der Waals surface area contributed by atoms with E-state index < -0.39 is 7.12 Å². The Morgan fingerprint density at radius 2 is 1.50 bits per heavy atom. The predicted molar refractivity (Wildman–Crippen MR) is 70.3 cm³/mol. The fourth-order valence-corrected chi connectivity index (χ4v) is 1.82. The summed E-state index contributed by atoms with van der Waals surface area (Å²) in [4.78, 5) is 0. The fraction of sp³-hybridized carbons (Fsp3) is 0. The molecule has 0 atom stereocenters. The van der Waals surface area contributed by atoms with Crippen LogP contribution >= 0.6 is 0 Å². The smallest absolute Gasteiger partial charge is 0.537 e. The summed E-state index contributed by atoms with van der Waals surface area (Å²) in [7, 11) is -0.969. The normalized spacial score (nSPS) is 9.94. The molecule has 0 saturated heterocycles. The first kappa shape index (κ1) is 12.7. The van der Waals surface area contributed by atoms with Crippen LogP contribution in [-0.4, -0.2) is 29.9 Å². The van der Waals surface area contributed by atoms with E-state index in [1.54, 1.807) is 48.5 Å². The number of hydrogen-bond acceptors (Lipinski definition) is 4. The van der Waals surface area contributed by atoms with Crippen molar-refractivity contribution in [2.45, 2.75) is 0 Å². The van der Waals surface area contributed by atoms with Gasteiger partial charge in [-0.05, 0) is 17.1 Å². The lowest BCUT2D eigenvalue weighted by molar-refractivity contribution is 0.426. The average molecular weight is 241 g/mol. The second-order valence-corrected chi connectivity index (χ2v) is 3.68. The molecule has 4 nitrogen and oxygen atoms in total. The summed E-state index contributed by atoms with van der Waals surface area (Å²) in [6.45, 7) is 0. The van der Waals surface area contributed by atoms with Gasteiger partial charge in [-0.15, -0.1) is 0 Å². The van der Waals surface area contributed by atoms with Gasteiger partial charge in [0.2, 0.25) is 0 Å². The van der Waals surface area contributed by atoms with Gasteiger partial charge in [0.15, 0.2) is 0 Å². The zero-order valence-electron chi connectivity index (χ0n) is 9.52. The van der Waals surface area contributed by atoms with Crippen LogP contribution in [0.4, 0.5) is 0 Å². The Labute approximate surface area is 106 Å². The van der Waals surface area contributed by atoms with E-state index in [2.05, 4.69) is 0 Å². The van der Waals surface area contributed by atoms with Crippen LogP contribution in [0.5, 0.6) is 5.75 Å². The molecule has 0 fully saturated rings. The minimum absolute atomic E-state index is 0.381. The molecule has 2 rings (SSSR count).